The molecule has 0 unspecified atom stereocenters. The van der Waals surface area contributed by atoms with Crippen LogP contribution < -0.4 is 0 Å². The van der Waals surface area contributed by atoms with Gasteiger partial charge in [-0.3, -0.25) is 4.79 Å². The zero-order chi connectivity index (χ0) is 21.6. The third kappa shape index (κ3) is 7.89. The van der Waals surface area contributed by atoms with Crippen LogP contribution in [0.25, 0.3) is 0 Å². The first kappa shape index (κ1) is 24.6. The van der Waals surface area contributed by atoms with Crippen LogP contribution in [0, 0.1) is 0 Å². The van der Waals surface area contributed by atoms with Crippen molar-refractivity contribution in [3.05, 3.63) is 41.8 Å². The first-order valence-electron chi connectivity index (χ1n) is 9.58. The van der Waals surface area contributed by atoms with Gasteiger partial charge in [-0.2, -0.15) is 0 Å². The molecule has 1 aromatic carbocycles. The summed E-state index contributed by atoms with van der Waals surface area (Å²) in [5.41, 5.74) is 0. The lowest BCUT2D eigenvalue weighted by Crippen LogP contribution is -2.43. The molecular weight excluding hydrogens is 392 g/mol. The van der Waals surface area contributed by atoms with E-state index in [1.807, 2.05) is 6.92 Å². The van der Waals surface area contributed by atoms with E-state index in [4.69, 9.17) is 9.16 Å². The van der Waals surface area contributed by atoms with Gasteiger partial charge in [0.05, 0.1) is 4.90 Å². The van der Waals surface area contributed by atoms with E-state index in [9.17, 15) is 13.2 Å². The number of carbonyl (C=O) groups excluding carboxylic acids is 1. The second-order valence-electron chi connectivity index (χ2n) is 8.60. The maximum atomic E-state index is 12.4. The minimum Gasteiger partial charge on any atom is -0.458 e. The fourth-order valence-electron chi connectivity index (χ4n) is 2.43. The summed E-state index contributed by atoms with van der Waals surface area (Å²) < 4.78 is 36.4. The highest BCUT2D eigenvalue weighted by molar-refractivity contribution is 7.94. The molecule has 0 aromatic heterocycles. The van der Waals surface area contributed by atoms with Crippen molar-refractivity contribution in [2.45, 2.75) is 82.7 Å². The van der Waals surface area contributed by atoms with Gasteiger partial charge in [0.15, 0.2) is 18.2 Å². The van der Waals surface area contributed by atoms with Crippen LogP contribution in [0.4, 0.5) is 0 Å². The molecule has 1 aromatic rings. The lowest BCUT2D eigenvalue weighted by Gasteiger charge is -2.38. The maximum Gasteiger partial charge on any atom is 0.303 e. The van der Waals surface area contributed by atoms with Crippen LogP contribution in [-0.4, -0.2) is 34.9 Å². The first-order chi connectivity index (χ1) is 12.7. The standard InChI is InChI=1S/C21H34O5SSi/c1-17(26-28(6,7)21(3,4)5)13-14-19(25-18(2)22)15-16-27(23,24)20-11-9-8-10-12-20/h8-12,15-17,19H,13-14H2,1-7H3/b16-15+/t17-,19-/m0/s1. The number of rotatable bonds is 9. The molecule has 7 heteroatoms. The van der Waals surface area contributed by atoms with E-state index in [1.165, 1.54) is 25.1 Å². The number of benzene rings is 1. The lowest BCUT2D eigenvalue weighted by atomic mass is 10.1. The Hall–Kier alpha value is -1.44. The Morgan fingerprint density at radius 1 is 1.14 bits per heavy atom. The molecule has 0 aliphatic carbocycles. The van der Waals surface area contributed by atoms with E-state index < -0.39 is 30.2 Å². The van der Waals surface area contributed by atoms with E-state index >= 15 is 0 Å². The van der Waals surface area contributed by atoms with Gasteiger partial charge in [-0.1, -0.05) is 39.0 Å². The van der Waals surface area contributed by atoms with Crippen LogP contribution in [0.1, 0.15) is 47.5 Å². The Kier molecular flexibility index (Phi) is 8.65. The van der Waals surface area contributed by atoms with Gasteiger partial charge < -0.3 is 9.16 Å². The molecule has 0 heterocycles. The summed E-state index contributed by atoms with van der Waals surface area (Å²) in [5, 5.41) is 1.23. The number of carbonyl (C=O) groups is 1. The Bertz CT molecular complexity index is 764. The molecular formula is C21H34O5SSi. The fourth-order valence-corrected chi connectivity index (χ4v) is 4.98. The number of ether oxygens (including phenoxy) is 1. The molecule has 0 N–H and O–H groups in total. The predicted octanol–water partition coefficient (Wildman–Crippen LogP) is 5.10. The number of hydrogen-bond acceptors (Lipinski definition) is 5. The van der Waals surface area contributed by atoms with Crippen LogP contribution in [0.5, 0.6) is 0 Å². The van der Waals surface area contributed by atoms with Crippen LogP contribution in [0.3, 0.4) is 0 Å². The summed E-state index contributed by atoms with van der Waals surface area (Å²) >= 11 is 0. The Morgan fingerprint density at radius 2 is 1.71 bits per heavy atom. The Morgan fingerprint density at radius 3 is 2.21 bits per heavy atom. The van der Waals surface area contributed by atoms with Gasteiger partial charge in [0.1, 0.15) is 6.10 Å². The lowest BCUT2D eigenvalue weighted by molar-refractivity contribution is -0.144. The van der Waals surface area contributed by atoms with E-state index in [1.54, 1.807) is 18.2 Å². The van der Waals surface area contributed by atoms with Gasteiger partial charge in [-0.15, -0.1) is 0 Å². The smallest absolute Gasteiger partial charge is 0.303 e. The summed E-state index contributed by atoms with van der Waals surface area (Å²) in [4.78, 5) is 11.6. The van der Waals surface area contributed by atoms with Gasteiger partial charge in [0.2, 0.25) is 0 Å². The average Bonchev–Trinajstić information content (AvgIpc) is 2.56. The van der Waals surface area contributed by atoms with Gasteiger partial charge in [0, 0.05) is 18.4 Å². The molecule has 158 valence electrons. The maximum absolute atomic E-state index is 12.4. The van der Waals surface area contributed by atoms with Crippen molar-refractivity contribution in [1.29, 1.82) is 0 Å². The third-order valence-electron chi connectivity index (χ3n) is 5.02. The molecule has 2 atom stereocenters. The average molecular weight is 427 g/mol. The Balaban J connectivity index is 2.80. The van der Waals surface area contributed by atoms with Gasteiger partial charge in [0.25, 0.3) is 0 Å². The first-order valence-corrected chi connectivity index (χ1v) is 14.0. The SMILES string of the molecule is CC(=O)O[C@H](/C=C/S(=O)(=O)c1ccccc1)CC[C@H](C)O[Si](C)(C)C(C)(C)C. The molecule has 0 bridgehead atoms. The van der Waals surface area contributed by atoms with Crippen molar-refractivity contribution in [2.75, 3.05) is 0 Å². The zero-order valence-electron chi connectivity index (χ0n) is 18.1. The summed E-state index contributed by atoms with van der Waals surface area (Å²) in [6, 6.07) is 8.17. The van der Waals surface area contributed by atoms with E-state index in [0.717, 1.165) is 5.41 Å². The number of esters is 1. The van der Waals surface area contributed by atoms with Gasteiger partial charge >= 0.3 is 5.97 Å². The van der Waals surface area contributed by atoms with E-state index in [0.29, 0.717) is 12.8 Å². The van der Waals surface area contributed by atoms with Crippen LogP contribution >= 0.6 is 0 Å². The molecule has 0 spiro atoms. The van der Waals surface area contributed by atoms with Gasteiger partial charge in [-0.05, 0) is 56.1 Å². The molecule has 5 nitrogen and oxygen atoms in total. The fraction of sp³-hybridized carbons (Fsp3) is 0.571. The third-order valence-corrected chi connectivity index (χ3v) is 11.1. The van der Waals surface area contributed by atoms with Crippen molar-refractivity contribution >= 4 is 24.1 Å². The second-order valence-corrected chi connectivity index (χ2v) is 15.2. The highest BCUT2D eigenvalue weighted by Crippen LogP contribution is 2.37. The van der Waals surface area contributed by atoms with Crippen LogP contribution in [0.15, 0.2) is 46.7 Å². The van der Waals surface area contributed by atoms with E-state index in [-0.39, 0.29) is 16.0 Å². The summed E-state index contributed by atoms with van der Waals surface area (Å²) in [5.74, 6) is -0.440. The van der Waals surface area contributed by atoms with Crippen molar-refractivity contribution in [2.24, 2.45) is 0 Å². The molecule has 0 fully saturated rings. The van der Waals surface area contributed by atoms with Crippen LogP contribution in [0.2, 0.25) is 18.1 Å². The normalized spacial score (nSPS) is 15.4. The van der Waals surface area contributed by atoms with Crippen molar-refractivity contribution in [3.8, 4) is 0 Å². The Labute approximate surface area is 171 Å². The number of sulfone groups is 1. The molecule has 0 aliphatic rings. The minimum absolute atomic E-state index is 0.00178. The molecule has 0 aliphatic heterocycles. The topological polar surface area (TPSA) is 69.7 Å². The molecule has 28 heavy (non-hydrogen) atoms. The summed E-state index contributed by atoms with van der Waals surface area (Å²) in [7, 11) is -5.46. The summed E-state index contributed by atoms with van der Waals surface area (Å²) in [6.45, 7) is 14.3. The molecule has 0 saturated carbocycles. The molecule has 0 radical (unpaired) electrons. The molecule has 0 amide bonds. The molecule has 0 saturated heterocycles. The quantitative estimate of drug-likeness (QED) is 0.406. The highest BCUT2D eigenvalue weighted by Gasteiger charge is 2.38. The summed E-state index contributed by atoms with van der Waals surface area (Å²) in [6.07, 6.45) is 2.00. The zero-order valence-corrected chi connectivity index (χ0v) is 19.9. The molecule has 1 rings (SSSR count). The monoisotopic (exact) mass is 426 g/mol. The van der Waals surface area contributed by atoms with Crippen molar-refractivity contribution in [1.82, 2.24) is 0 Å². The van der Waals surface area contributed by atoms with E-state index in [2.05, 4.69) is 33.9 Å². The minimum atomic E-state index is -3.57. The highest BCUT2D eigenvalue weighted by atomic mass is 32.2. The van der Waals surface area contributed by atoms with Crippen molar-refractivity contribution in [3.63, 3.8) is 0 Å². The number of hydrogen-bond donors (Lipinski definition) is 0. The largest absolute Gasteiger partial charge is 0.458 e. The van der Waals surface area contributed by atoms with Crippen molar-refractivity contribution < 1.29 is 22.4 Å². The second kappa shape index (κ2) is 9.85. The predicted molar refractivity (Wildman–Crippen MR) is 115 cm³/mol. The van der Waals surface area contributed by atoms with Crippen LogP contribution in [-0.2, 0) is 23.8 Å². The van der Waals surface area contributed by atoms with Gasteiger partial charge in [-0.25, -0.2) is 8.42 Å².